The first-order valence-corrected chi connectivity index (χ1v) is 7.03. The molecule has 0 amide bonds. The van der Waals surface area contributed by atoms with Crippen LogP contribution >= 0.6 is 11.8 Å². The number of aromatic nitrogens is 4. The number of thioether (sulfide) groups is 1. The first-order chi connectivity index (χ1) is 10.7. The van der Waals surface area contributed by atoms with Gasteiger partial charge in [-0.2, -0.15) is 4.68 Å². The summed E-state index contributed by atoms with van der Waals surface area (Å²) in [7, 11) is 0. The molecule has 0 atom stereocenters. The van der Waals surface area contributed by atoms with Crippen LogP contribution in [0.25, 0.3) is 11.8 Å². The van der Waals surface area contributed by atoms with Crippen LogP contribution in [-0.4, -0.2) is 25.1 Å². The van der Waals surface area contributed by atoms with Crippen molar-refractivity contribution in [2.45, 2.75) is 5.16 Å². The molecule has 22 heavy (non-hydrogen) atoms. The van der Waals surface area contributed by atoms with E-state index in [0.29, 0.717) is 10.9 Å². The van der Waals surface area contributed by atoms with Crippen LogP contribution < -0.4 is 0 Å². The van der Waals surface area contributed by atoms with Gasteiger partial charge in [0.25, 0.3) is 0 Å². The van der Waals surface area contributed by atoms with Gasteiger partial charge in [0.05, 0.1) is 11.8 Å². The Morgan fingerprint density at radius 1 is 1.23 bits per heavy atom. The molecule has 0 spiro atoms. The maximum atomic E-state index is 10.5. The van der Waals surface area contributed by atoms with Crippen LogP contribution in [0.5, 0.6) is 0 Å². The Bertz CT molecular complexity index is 812. The zero-order chi connectivity index (χ0) is 15.4. The third kappa shape index (κ3) is 3.04. The fourth-order valence-electron chi connectivity index (χ4n) is 1.68. The van der Waals surface area contributed by atoms with Crippen molar-refractivity contribution in [2.24, 2.45) is 0 Å². The second-order valence-corrected chi connectivity index (χ2v) is 4.94. The third-order valence-corrected chi connectivity index (χ3v) is 3.38. The number of hydrogen-bond donors (Lipinski definition) is 0. The van der Waals surface area contributed by atoms with Crippen LogP contribution in [0.4, 0.5) is 5.88 Å². The standard InChI is InChI=1S/C13H9N5O3S/c19-18(20)12-7-6-11(21-12)8-9-22-13-14-15-16-17(13)10-4-2-1-3-5-10/h1-9H/b9-8+. The van der Waals surface area contributed by atoms with E-state index in [9.17, 15) is 10.1 Å². The summed E-state index contributed by atoms with van der Waals surface area (Å²) in [6, 6.07) is 12.3. The Labute approximate surface area is 128 Å². The highest BCUT2D eigenvalue weighted by atomic mass is 32.2. The fraction of sp³-hybridized carbons (Fsp3) is 0. The molecule has 110 valence electrons. The van der Waals surface area contributed by atoms with Crippen molar-refractivity contribution < 1.29 is 9.34 Å². The average molecular weight is 315 g/mol. The molecule has 2 heterocycles. The Kier molecular flexibility index (Phi) is 3.97. The van der Waals surface area contributed by atoms with Gasteiger partial charge < -0.3 is 4.42 Å². The Balaban J connectivity index is 1.73. The molecule has 2 aromatic heterocycles. The molecule has 0 saturated carbocycles. The molecule has 9 heteroatoms. The van der Waals surface area contributed by atoms with E-state index < -0.39 is 4.92 Å². The monoisotopic (exact) mass is 315 g/mol. The van der Waals surface area contributed by atoms with Crippen molar-refractivity contribution in [3.8, 4) is 5.69 Å². The third-order valence-electron chi connectivity index (χ3n) is 2.64. The molecule has 0 aliphatic heterocycles. The fourth-order valence-corrected chi connectivity index (χ4v) is 2.32. The summed E-state index contributed by atoms with van der Waals surface area (Å²) in [5, 5.41) is 24.3. The predicted molar refractivity (Wildman–Crippen MR) is 79.4 cm³/mol. The Hall–Kier alpha value is -2.94. The van der Waals surface area contributed by atoms with E-state index >= 15 is 0 Å². The molecular formula is C13H9N5O3S. The van der Waals surface area contributed by atoms with Crippen LogP contribution in [0.15, 0.2) is 57.4 Å². The van der Waals surface area contributed by atoms with Crippen molar-refractivity contribution in [3.05, 3.63) is 63.7 Å². The molecule has 0 unspecified atom stereocenters. The molecule has 0 aliphatic rings. The van der Waals surface area contributed by atoms with E-state index in [1.54, 1.807) is 16.2 Å². The van der Waals surface area contributed by atoms with E-state index in [-0.39, 0.29) is 5.88 Å². The molecule has 3 rings (SSSR count). The highest BCUT2D eigenvalue weighted by Crippen LogP contribution is 2.22. The Morgan fingerprint density at radius 2 is 2.05 bits per heavy atom. The lowest BCUT2D eigenvalue weighted by molar-refractivity contribution is -0.402. The van der Waals surface area contributed by atoms with Gasteiger partial charge in [-0.3, -0.25) is 10.1 Å². The van der Waals surface area contributed by atoms with Crippen molar-refractivity contribution in [1.29, 1.82) is 0 Å². The van der Waals surface area contributed by atoms with Gasteiger partial charge in [-0.25, -0.2) is 0 Å². The van der Waals surface area contributed by atoms with Crippen LogP contribution in [0.3, 0.4) is 0 Å². The van der Waals surface area contributed by atoms with Crippen LogP contribution in [0, 0.1) is 10.1 Å². The molecule has 1 aromatic carbocycles. The lowest BCUT2D eigenvalue weighted by Gasteiger charge is -2.00. The largest absolute Gasteiger partial charge is 0.433 e. The molecule has 0 radical (unpaired) electrons. The summed E-state index contributed by atoms with van der Waals surface area (Å²) < 4.78 is 6.62. The molecule has 0 bridgehead atoms. The number of benzene rings is 1. The van der Waals surface area contributed by atoms with Crippen molar-refractivity contribution >= 4 is 23.7 Å². The van der Waals surface area contributed by atoms with Gasteiger partial charge in [0.2, 0.25) is 5.16 Å². The minimum atomic E-state index is -0.583. The summed E-state index contributed by atoms with van der Waals surface area (Å²) in [5.74, 6) is 0.0942. The average Bonchev–Trinajstić information content (AvgIpc) is 3.17. The Morgan fingerprint density at radius 3 is 2.77 bits per heavy atom. The quantitative estimate of drug-likeness (QED) is 0.405. The summed E-state index contributed by atoms with van der Waals surface area (Å²) >= 11 is 1.28. The number of rotatable bonds is 5. The van der Waals surface area contributed by atoms with Crippen LogP contribution in [0.2, 0.25) is 0 Å². The summed E-state index contributed by atoms with van der Waals surface area (Å²) in [5.41, 5.74) is 0.844. The number of hydrogen-bond acceptors (Lipinski definition) is 7. The summed E-state index contributed by atoms with van der Waals surface area (Å²) in [6.45, 7) is 0. The molecule has 0 aliphatic carbocycles. The van der Waals surface area contributed by atoms with Gasteiger partial charge >= 0.3 is 5.88 Å². The normalized spacial score (nSPS) is 11.1. The number of nitro groups is 1. The molecule has 0 N–H and O–H groups in total. The van der Waals surface area contributed by atoms with E-state index in [1.165, 1.54) is 23.9 Å². The van der Waals surface area contributed by atoms with E-state index in [1.807, 2.05) is 30.3 Å². The zero-order valence-electron chi connectivity index (χ0n) is 11.1. The molecule has 0 fully saturated rings. The van der Waals surface area contributed by atoms with Gasteiger partial charge in [0.15, 0.2) is 0 Å². The molecule has 8 nitrogen and oxygen atoms in total. The predicted octanol–water partition coefficient (Wildman–Crippen LogP) is 2.93. The molecule has 0 saturated heterocycles. The summed E-state index contributed by atoms with van der Waals surface area (Å²) in [6.07, 6.45) is 1.61. The minimum Gasteiger partial charge on any atom is -0.401 e. The van der Waals surface area contributed by atoms with Crippen molar-refractivity contribution in [2.75, 3.05) is 0 Å². The smallest absolute Gasteiger partial charge is 0.401 e. The van der Waals surface area contributed by atoms with E-state index in [2.05, 4.69) is 15.5 Å². The lowest BCUT2D eigenvalue weighted by Crippen LogP contribution is -1.97. The van der Waals surface area contributed by atoms with Crippen molar-refractivity contribution in [3.63, 3.8) is 0 Å². The first-order valence-electron chi connectivity index (χ1n) is 6.15. The zero-order valence-corrected chi connectivity index (χ0v) is 11.9. The van der Waals surface area contributed by atoms with Gasteiger partial charge in [-0.05, 0) is 40.1 Å². The highest BCUT2D eigenvalue weighted by Gasteiger charge is 2.10. The van der Waals surface area contributed by atoms with Crippen LogP contribution in [0.1, 0.15) is 5.76 Å². The highest BCUT2D eigenvalue weighted by molar-refractivity contribution is 8.02. The maximum absolute atomic E-state index is 10.5. The number of tetrazole rings is 1. The SMILES string of the molecule is O=[N+]([O-])c1ccc(/C=C/Sc2nnnn2-c2ccccc2)o1. The van der Waals surface area contributed by atoms with Gasteiger partial charge in [0, 0.05) is 0 Å². The van der Waals surface area contributed by atoms with Gasteiger partial charge in [-0.15, -0.1) is 5.10 Å². The van der Waals surface area contributed by atoms with Gasteiger partial charge in [-0.1, -0.05) is 30.0 Å². The first kappa shape index (κ1) is 14.0. The minimum absolute atomic E-state index is 0.293. The van der Waals surface area contributed by atoms with E-state index in [0.717, 1.165) is 5.69 Å². The molecular weight excluding hydrogens is 306 g/mol. The van der Waals surface area contributed by atoms with E-state index in [4.69, 9.17) is 4.42 Å². The number of furan rings is 1. The second-order valence-electron chi connectivity index (χ2n) is 4.06. The second kappa shape index (κ2) is 6.22. The topological polar surface area (TPSA) is 99.9 Å². The number of nitrogens with zero attached hydrogens (tertiary/aromatic N) is 5. The summed E-state index contributed by atoms with van der Waals surface area (Å²) in [4.78, 5) is 9.95. The number of para-hydroxylation sites is 1. The maximum Gasteiger partial charge on any atom is 0.433 e. The van der Waals surface area contributed by atoms with Crippen molar-refractivity contribution in [1.82, 2.24) is 20.2 Å². The van der Waals surface area contributed by atoms with Gasteiger partial charge in [0.1, 0.15) is 10.7 Å². The molecule has 3 aromatic rings. The lowest BCUT2D eigenvalue weighted by atomic mass is 10.3. The van der Waals surface area contributed by atoms with Crippen LogP contribution in [-0.2, 0) is 0 Å².